The van der Waals surface area contributed by atoms with Crippen LogP contribution >= 0.6 is 0 Å². The Hall–Kier alpha value is -7.95. The van der Waals surface area contributed by atoms with Crippen LogP contribution in [0.25, 0.3) is 105 Å². The van der Waals surface area contributed by atoms with Crippen LogP contribution in [-0.2, 0) is 0 Å². The predicted octanol–water partition coefficient (Wildman–Crippen LogP) is 12.1. The van der Waals surface area contributed by atoms with E-state index in [1.165, 1.54) is 0 Å². The van der Waals surface area contributed by atoms with E-state index in [2.05, 4.69) is 17.0 Å². The molecule has 0 aliphatic rings. The van der Waals surface area contributed by atoms with Crippen molar-refractivity contribution in [2.45, 2.75) is 0 Å². The largest absolute Gasteiger partial charge is 0.247 e. The van der Waals surface area contributed by atoms with E-state index in [0.29, 0.717) is 39.9 Å². The Labute approximate surface area is 322 Å². The molecule has 260 valence electrons. The van der Waals surface area contributed by atoms with E-state index in [1.54, 1.807) is 0 Å². The van der Waals surface area contributed by atoms with Crippen molar-refractivity contribution in [1.82, 2.24) is 29.9 Å². The van der Waals surface area contributed by atoms with Gasteiger partial charge in [0.25, 0.3) is 0 Å². The molecule has 0 amide bonds. The van der Waals surface area contributed by atoms with Gasteiger partial charge in [-0.2, -0.15) is 0 Å². The van der Waals surface area contributed by atoms with E-state index in [-0.39, 0.29) is 0 Å². The van der Waals surface area contributed by atoms with E-state index in [1.807, 2.05) is 164 Å². The highest BCUT2D eigenvalue weighted by atomic mass is 15.0. The second-order valence-corrected chi connectivity index (χ2v) is 13.4. The number of hydrogen-bond acceptors (Lipinski definition) is 6. The van der Waals surface area contributed by atoms with E-state index in [4.69, 9.17) is 36.5 Å². The summed E-state index contributed by atoms with van der Waals surface area (Å²) in [6.07, 6.45) is 0. The van der Waals surface area contributed by atoms with Gasteiger partial charge < -0.3 is 0 Å². The van der Waals surface area contributed by atoms with Gasteiger partial charge in [-0.1, -0.05) is 164 Å². The van der Waals surface area contributed by atoms with Crippen molar-refractivity contribution < 1.29 is 0 Å². The van der Waals surface area contributed by atoms with Crippen molar-refractivity contribution in [2.75, 3.05) is 0 Å². The maximum atomic E-state index is 8.37. The molecule has 7 heteroatoms. The molecule has 0 aliphatic heterocycles. The second kappa shape index (κ2) is 13.8. The summed E-state index contributed by atoms with van der Waals surface area (Å²) < 4.78 is 0. The summed E-state index contributed by atoms with van der Waals surface area (Å²) in [7, 11) is 0. The van der Waals surface area contributed by atoms with Crippen LogP contribution in [0.15, 0.2) is 176 Å². The number of pyridine rings is 1. The van der Waals surface area contributed by atoms with Gasteiger partial charge >= 0.3 is 0 Å². The predicted molar refractivity (Wildman–Crippen MR) is 225 cm³/mol. The van der Waals surface area contributed by atoms with Crippen molar-refractivity contribution in [1.29, 1.82) is 0 Å². The number of rotatable bonds is 6. The Morgan fingerprint density at radius 2 is 0.750 bits per heavy atom. The smallest absolute Gasteiger partial charge is 0.197 e. The maximum Gasteiger partial charge on any atom is 0.197 e. The summed E-state index contributed by atoms with van der Waals surface area (Å²) in [5.74, 6) is 1.76. The number of nitrogens with zero attached hydrogens (tertiary/aromatic N) is 7. The lowest BCUT2D eigenvalue weighted by molar-refractivity contribution is 1.07. The highest BCUT2D eigenvalue weighted by Gasteiger charge is 2.22. The minimum atomic E-state index is 0.497. The van der Waals surface area contributed by atoms with Gasteiger partial charge in [-0.3, -0.25) is 0 Å². The molecule has 0 radical (unpaired) electrons. The van der Waals surface area contributed by atoms with E-state index in [9.17, 15) is 0 Å². The van der Waals surface area contributed by atoms with Crippen molar-refractivity contribution in [3.8, 4) is 67.9 Å². The Morgan fingerprint density at radius 3 is 1.29 bits per heavy atom. The van der Waals surface area contributed by atoms with Gasteiger partial charge in [0.05, 0.1) is 40.2 Å². The van der Waals surface area contributed by atoms with Crippen molar-refractivity contribution in [3.63, 3.8) is 0 Å². The molecule has 56 heavy (non-hydrogen) atoms. The zero-order valence-corrected chi connectivity index (χ0v) is 29.9. The summed E-state index contributed by atoms with van der Waals surface area (Å²) in [5, 5.41) is 2.47. The van der Waals surface area contributed by atoms with Crippen LogP contribution in [0.5, 0.6) is 0 Å². The quantitative estimate of drug-likeness (QED) is 0.126. The molecule has 10 rings (SSSR count). The number of hydrogen-bond donors (Lipinski definition) is 0. The van der Waals surface area contributed by atoms with Gasteiger partial charge in [-0.15, -0.1) is 0 Å². The highest BCUT2D eigenvalue weighted by Crippen LogP contribution is 2.43. The molecule has 0 N–H and O–H groups in total. The van der Waals surface area contributed by atoms with Crippen LogP contribution in [-0.4, -0.2) is 29.9 Å². The van der Waals surface area contributed by atoms with Gasteiger partial charge in [-0.05, 0) is 17.5 Å². The van der Waals surface area contributed by atoms with Crippen molar-refractivity contribution in [2.24, 2.45) is 0 Å². The molecule has 0 unspecified atom stereocenters. The van der Waals surface area contributed by atoms with Crippen LogP contribution in [0.3, 0.4) is 0 Å². The third kappa shape index (κ3) is 5.79. The third-order valence-corrected chi connectivity index (χ3v) is 9.91. The summed E-state index contributed by atoms with van der Waals surface area (Å²) in [6.45, 7) is 8.37. The summed E-state index contributed by atoms with van der Waals surface area (Å²) in [4.78, 5) is 34.8. The SMILES string of the molecule is [C-]#[N+]c1cc2nc(-c3ccccc3)c(-c3ccccc3)nc2c2c(-c3ccc(-c4nc(-c5ccccc5)nc(-c5ccccc5)n4)cc3)nc3ccccc3c12. The zero-order chi connectivity index (χ0) is 37.4. The summed E-state index contributed by atoms with van der Waals surface area (Å²) >= 11 is 0. The Kier molecular flexibility index (Phi) is 8.05. The lowest BCUT2D eigenvalue weighted by Crippen LogP contribution is -2.00. The van der Waals surface area contributed by atoms with Crippen LogP contribution in [0.1, 0.15) is 0 Å². The molecule has 7 nitrogen and oxygen atoms in total. The molecule has 0 atom stereocenters. The fraction of sp³-hybridized carbons (Fsp3) is 0. The molecule has 0 fully saturated rings. The fourth-order valence-corrected chi connectivity index (χ4v) is 7.25. The third-order valence-electron chi connectivity index (χ3n) is 9.91. The minimum Gasteiger partial charge on any atom is -0.247 e. The van der Waals surface area contributed by atoms with Gasteiger partial charge in [0.15, 0.2) is 23.2 Å². The molecule has 0 saturated carbocycles. The lowest BCUT2D eigenvalue weighted by atomic mass is 9.96. The lowest BCUT2D eigenvalue weighted by Gasteiger charge is -2.16. The summed E-state index contributed by atoms with van der Waals surface area (Å²) in [6, 6.07) is 58.1. The summed E-state index contributed by atoms with van der Waals surface area (Å²) in [5.41, 5.74) is 10.2. The average Bonchev–Trinajstić information content (AvgIpc) is 3.29. The highest BCUT2D eigenvalue weighted by molar-refractivity contribution is 6.24. The maximum absolute atomic E-state index is 8.37. The Morgan fingerprint density at radius 1 is 0.339 bits per heavy atom. The molecular formula is C49H29N7. The number of aromatic nitrogens is 6. The molecule has 3 aromatic heterocycles. The standard InChI is InChI=1S/C49H29N7/c1-50-39-30-40-46(53-45(32-18-8-3-9-19-32)44(52-40)31-16-6-2-7-17-31)42-41(39)37-24-14-15-25-38(37)51-43(42)33-26-28-36(29-27-33)49-55-47(34-20-10-4-11-21-34)54-48(56-49)35-22-12-5-13-23-35/h2-30H. The van der Waals surface area contributed by atoms with E-state index in [0.717, 1.165) is 66.4 Å². The fourth-order valence-electron chi connectivity index (χ4n) is 7.25. The normalized spacial score (nSPS) is 11.2. The van der Waals surface area contributed by atoms with Gasteiger partial charge in [-0.25, -0.2) is 34.7 Å². The topological polar surface area (TPSA) is 81.7 Å². The first kappa shape index (κ1) is 32.7. The van der Waals surface area contributed by atoms with Crippen molar-refractivity contribution in [3.05, 3.63) is 187 Å². The van der Waals surface area contributed by atoms with E-state index >= 15 is 0 Å². The van der Waals surface area contributed by atoms with Gasteiger partial charge in [0.2, 0.25) is 0 Å². The molecule has 10 aromatic rings. The first-order chi connectivity index (χ1) is 27.7. The first-order valence-corrected chi connectivity index (χ1v) is 18.2. The minimum absolute atomic E-state index is 0.497. The monoisotopic (exact) mass is 715 g/mol. The molecule has 0 saturated heterocycles. The van der Waals surface area contributed by atoms with Crippen LogP contribution in [0, 0.1) is 6.57 Å². The van der Waals surface area contributed by atoms with Gasteiger partial charge in [0, 0.05) is 44.2 Å². The molecule has 7 aromatic carbocycles. The van der Waals surface area contributed by atoms with Gasteiger partial charge in [0.1, 0.15) is 0 Å². The molecule has 0 spiro atoms. The zero-order valence-electron chi connectivity index (χ0n) is 29.9. The number of para-hydroxylation sites is 1. The molecular weight excluding hydrogens is 687 g/mol. The second-order valence-electron chi connectivity index (χ2n) is 13.4. The number of fused-ring (bicyclic) bond motifs is 5. The van der Waals surface area contributed by atoms with E-state index < -0.39 is 0 Å². The first-order valence-electron chi connectivity index (χ1n) is 18.2. The number of benzene rings is 7. The van der Waals surface area contributed by atoms with Crippen LogP contribution in [0.4, 0.5) is 5.69 Å². The Bertz CT molecular complexity index is 3050. The molecule has 3 heterocycles. The van der Waals surface area contributed by atoms with Crippen LogP contribution in [0.2, 0.25) is 0 Å². The average molecular weight is 716 g/mol. The Balaban J connectivity index is 1.21. The molecule has 0 bridgehead atoms. The molecule has 0 aliphatic carbocycles. The van der Waals surface area contributed by atoms with Crippen LogP contribution < -0.4 is 0 Å². The van der Waals surface area contributed by atoms with Crippen molar-refractivity contribution >= 4 is 38.4 Å².